The maximum absolute atomic E-state index is 12.6. The zero-order chi connectivity index (χ0) is 35.6. The maximum Gasteiger partial charge on any atom is 0.255 e. The smallest absolute Gasteiger partial charge is 0.255 e. The summed E-state index contributed by atoms with van der Waals surface area (Å²) in [4.78, 5) is 12.6. The van der Waals surface area contributed by atoms with Crippen molar-refractivity contribution in [2.45, 2.75) is 38.8 Å². The van der Waals surface area contributed by atoms with Gasteiger partial charge in [-0.3, -0.25) is 4.79 Å². The van der Waals surface area contributed by atoms with Gasteiger partial charge in [0.05, 0.1) is 59.9 Å². The summed E-state index contributed by atoms with van der Waals surface area (Å²) in [6.07, 6.45) is 4.65. The maximum atomic E-state index is 12.6. The second-order valence-corrected chi connectivity index (χ2v) is 11.9. The number of methoxy groups -OCH3 is 3. The Labute approximate surface area is 296 Å². The second kappa shape index (κ2) is 17.1. The number of carbonyl (C=O) groups is 1. The first-order chi connectivity index (χ1) is 24.3. The summed E-state index contributed by atoms with van der Waals surface area (Å²) in [6.45, 7) is 0.106. The van der Waals surface area contributed by atoms with Crippen molar-refractivity contribution in [1.82, 2.24) is 5.32 Å². The fraction of sp³-hybridized carbons (Fsp3) is 0.289. The van der Waals surface area contributed by atoms with Gasteiger partial charge in [-0.05, 0) is 89.7 Å². The molecule has 1 heterocycles. The van der Waals surface area contributed by atoms with Gasteiger partial charge in [-0.15, -0.1) is 0 Å². The van der Waals surface area contributed by atoms with E-state index >= 15 is 0 Å². The molecular formula is C38H41ClN2O9. The van der Waals surface area contributed by atoms with Crippen LogP contribution in [-0.2, 0) is 19.8 Å². The monoisotopic (exact) mass is 704 g/mol. The third kappa shape index (κ3) is 8.43. The minimum Gasteiger partial charge on any atom is -0.496 e. The van der Waals surface area contributed by atoms with Gasteiger partial charge in [0.15, 0.2) is 11.5 Å². The molecule has 4 aromatic rings. The molecule has 0 bridgehead atoms. The van der Waals surface area contributed by atoms with Gasteiger partial charge in [0.2, 0.25) is 5.75 Å². The number of hydrogen-bond donors (Lipinski definition) is 5. The number of benzene rings is 4. The van der Waals surface area contributed by atoms with Crippen LogP contribution in [0.4, 0.5) is 5.69 Å². The van der Waals surface area contributed by atoms with E-state index in [9.17, 15) is 20.1 Å². The molecule has 0 fully saturated rings. The van der Waals surface area contributed by atoms with Crippen molar-refractivity contribution in [2.75, 3.05) is 39.9 Å². The third-order valence-corrected chi connectivity index (χ3v) is 8.49. The molecule has 4 aromatic carbocycles. The van der Waals surface area contributed by atoms with Gasteiger partial charge in [0.1, 0.15) is 17.7 Å². The number of anilines is 1. The first-order valence-corrected chi connectivity index (χ1v) is 16.4. The van der Waals surface area contributed by atoms with E-state index < -0.39 is 6.17 Å². The van der Waals surface area contributed by atoms with Crippen LogP contribution in [0.25, 0.3) is 12.2 Å². The zero-order valence-corrected chi connectivity index (χ0v) is 28.9. The standard InChI is InChI=1S/C38H41ClN2O9/c1-46-33-15-23(14-26(20-42)30(33)22-44)6-7-24-16-34(47-2)36(35(17-24)48-3)50-13-5-4-12-49-32-11-8-25(18-27(32)21-43)37-40-31-10-9-28(39)19-29(31)38(45)41-37/h6-11,14-19,37,40,42-44H,4-5,12-13,20-22H2,1-3H3,(H,41,45)/b7-6-. The number of ether oxygens (including phenoxy) is 5. The molecule has 0 saturated heterocycles. The number of carbonyl (C=O) groups excluding carboxylic acids is 1. The number of halogens is 1. The van der Waals surface area contributed by atoms with Crippen molar-refractivity contribution in [3.8, 4) is 28.7 Å². The number of aliphatic hydroxyl groups is 3. The van der Waals surface area contributed by atoms with Crippen LogP contribution in [0.3, 0.4) is 0 Å². The Morgan fingerprint density at radius 1 is 0.700 bits per heavy atom. The number of hydrogen-bond acceptors (Lipinski definition) is 10. The normalized spacial score (nSPS) is 13.7. The molecule has 1 unspecified atom stereocenters. The average molecular weight is 705 g/mol. The molecule has 0 radical (unpaired) electrons. The van der Waals surface area contributed by atoms with Gasteiger partial charge in [0, 0.05) is 21.8 Å². The second-order valence-electron chi connectivity index (χ2n) is 11.4. The van der Waals surface area contributed by atoms with Crippen LogP contribution in [0.5, 0.6) is 28.7 Å². The molecule has 5 rings (SSSR count). The molecule has 0 aliphatic carbocycles. The molecule has 0 spiro atoms. The number of rotatable bonds is 16. The minimum atomic E-state index is -0.472. The van der Waals surface area contributed by atoms with E-state index in [1.165, 1.54) is 7.11 Å². The van der Waals surface area contributed by atoms with E-state index in [4.69, 9.17) is 35.3 Å². The summed E-state index contributed by atoms with van der Waals surface area (Å²) in [7, 11) is 4.64. The van der Waals surface area contributed by atoms with Crippen molar-refractivity contribution >= 4 is 35.3 Å². The van der Waals surface area contributed by atoms with E-state index in [1.807, 2.05) is 36.4 Å². The van der Waals surface area contributed by atoms with E-state index in [2.05, 4.69) is 10.6 Å². The molecule has 1 amide bonds. The number of unbranched alkanes of at least 4 members (excludes halogenated alkanes) is 1. The Hall–Kier alpha value is -4.94. The van der Waals surface area contributed by atoms with Crippen LogP contribution < -0.4 is 34.3 Å². The van der Waals surface area contributed by atoms with Gasteiger partial charge in [0.25, 0.3) is 5.91 Å². The summed E-state index contributed by atoms with van der Waals surface area (Å²) in [5.41, 5.74) is 5.27. The first kappa shape index (κ1) is 36.3. The van der Waals surface area contributed by atoms with Crippen molar-refractivity contribution < 1.29 is 43.8 Å². The van der Waals surface area contributed by atoms with Crippen molar-refractivity contribution in [3.63, 3.8) is 0 Å². The topological polar surface area (TPSA) is 148 Å². The highest BCUT2D eigenvalue weighted by Gasteiger charge is 2.25. The van der Waals surface area contributed by atoms with E-state index in [0.29, 0.717) is 87.8 Å². The molecule has 1 atom stereocenters. The number of amides is 1. The van der Waals surface area contributed by atoms with Gasteiger partial charge in [-0.25, -0.2) is 0 Å². The predicted octanol–water partition coefficient (Wildman–Crippen LogP) is 6.11. The number of fused-ring (bicyclic) bond motifs is 1. The summed E-state index contributed by atoms with van der Waals surface area (Å²) in [5, 5.41) is 36.2. The van der Waals surface area contributed by atoms with Crippen molar-refractivity contribution in [2.24, 2.45) is 0 Å². The van der Waals surface area contributed by atoms with Crippen LogP contribution in [0.2, 0.25) is 5.02 Å². The van der Waals surface area contributed by atoms with Gasteiger partial charge >= 0.3 is 0 Å². The number of aliphatic hydroxyl groups excluding tert-OH is 3. The molecule has 1 aliphatic heterocycles. The van der Waals surface area contributed by atoms with Crippen molar-refractivity contribution in [3.05, 3.63) is 105 Å². The lowest BCUT2D eigenvalue weighted by molar-refractivity contribution is 0.0935. The highest BCUT2D eigenvalue weighted by atomic mass is 35.5. The summed E-state index contributed by atoms with van der Waals surface area (Å²) in [5.74, 6) is 2.33. The van der Waals surface area contributed by atoms with Crippen LogP contribution in [0.15, 0.2) is 60.7 Å². The summed E-state index contributed by atoms with van der Waals surface area (Å²) in [6, 6.07) is 17.8. The summed E-state index contributed by atoms with van der Waals surface area (Å²) >= 11 is 6.04. The van der Waals surface area contributed by atoms with E-state index in [0.717, 1.165) is 16.7 Å². The number of nitrogens with one attached hydrogen (secondary N) is 2. The Kier molecular flexibility index (Phi) is 12.5. The molecule has 0 aromatic heterocycles. The minimum absolute atomic E-state index is 0.224. The van der Waals surface area contributed by atoms with E-state index in [1.54, 1.807) is 50.6 Å². The SMILES string of the molecule is COc1cc(/C=C\c2cc(OC)c(OCCCCOc3ccc(C4NC(=O)c5cc(Cl)ccc5N4)cc3CO)c(OC)c2)cc(CO)c1CO. The Balaban J connectivity index is 1.16. The fourth-order valence-electron chi connectivity index (χ4n) is 5.66. The first-order valence-electron chi connectivity index (χ1n) is 16.0. The highest BCUT2D eigenvalue weighted by molar-refractivity contribution is 6.31. The molecular weight excluding hydrogens is 664 g/mol. The van der Waals surface area contributed by atoms with Crippen LogP contribution >= 0.6 is 11.6 Å². The highest BCUT2D eigenvalue weighted by Crippen LogP contribution is 2.39. The van der Waals surface area contributed by atoms with Crippen molar-refractivity contribution in [1.29, 1.82) is 0 Å². The molecule has 5 N–H and O–H groups in total. The lowest BCUT2D eigenvalue weighted by Gasteiger charge is -2.28. The Bertz CT molecular complexity index is 1800. The molecule has 11 nitrogen and oxygen atoms in total. The zero-order valence-electron chi connectivity index (χ0n) is 28.1. The quantitative estimate of drug-likeness (QED) is 0.0684. The van der Waals surface area contributed by atoms with Gasteiger partial charge in [-0.1, -0.05) is 29.8 Å². The summed E-state index contributed by atoms with van der Waals surface area (Å²) < 4.78 is 28.7. The molecule has 1 aliphatic rings. The van der Waals surface area contributed by atoms with Crippen LogP contribution in [0, 0.1) is 0 Å². The Morgan fingerprint density at radius 3 is 1.98 bits per heavy atom. The molecule has 12 heteroatoms. The molecule has 50 heavy (non-hydrogen) atoms. The third-order valence-electron chi connectivity index (χ3n) is 8.26. The fourth-order valence-corrected chi connectivity index (χ4v) is 5.83. The van der Waals surface area contributed by atoms with Gasteiger partial charge in [-0.2, -0.15) is 0 Å². The average Bonchev–Trinajstić information content (AvgIpc) is 3.14. The largest absolute Gasteiger partial charge is 0.496 e. The lowest BCUT2D eigenvalue weighted by atomic mass is 10.0. The predicted molar refractivity (Wildman–Crippen MR) is 191 cm³/mol. The van der Waals surface area contributed by atoms with Crippen LogP contribution in [0.1, 0.15) is 62.7 Å². The Morgan fingerprint density at radius 2 is 1.34 bits per heavy atom. The molecule has 0 saturated carbocycles. The molecule has 264 valence electrons. The van der Waals surface area contributed by atoms with Crippen LogP contribution in [-0.4, -0.2) is 55.8 Å². The lowest BCUT2D eigenvalue weighted by Crippen LogP contribution is -2.38. The van der Waals surface area contributed by atoms with E-state index in [-0.39, 0.29) is 25.7 Å². The van der Waals surface area contributed by atoms with Gasteiger partial charge < -0.3 is 49.6 Å².